The number of carbonyl (C=O) groups is 1. The minimum atomic E-state index is -0.524. The van der Waals surface area contributed by atoms with Gasteiger partial charge in [0.15, 0.2) is 5.58 Å². The van der Waals surface area contributed by atoms with Crippen molar-refractivity contribution in [3.8, 4) is 5.88 Å². The van der Waals surface area contributed by atoms with Crippen molar-refractivity contribution in [3.63, 3.8) is 0 Å². The molecule has 1 aliphatic heterocycles. The van der Waals surface area contributed by atoms with E-state index in [4.69, 9.17) is 9.15 Å². The van der Waals surface area contributed by atoms with Crippen molar-refractivity contribution in [2.24, 2.45) is 0 Å². The Hall–Kier alpha value is -3.16. The maximum Gasteiger partial charge on any atom is 0.420 e. The normalized spacial score (nSPS) is 17.4. The largest absolute Gasteiger partial charge is 0.471 e. The van der Waals surface area contributed by atoms with Gasteiger partial charge in [-0.05, 0) is 31.0 Å². The number of hydrogen-bond donors (Lipinski definition) is 0. The third-order valence-electron chi connectivity index (χ3n) is 4.43. The molecule has 0 aliphatic carbocycles. The Morgan fingerprint density at radius 1 is 1.27 bits per heavy atom. The molecule has 8 heteroatoms. The zero-order valence-corrected chi connectivity index (χ0v) is 14.1. The Bertz CT molecular complexity index is 966. The summed E-state index contributed by atoms with van der Waals surface area (Å²) in [6.07, 6.45) is 3.12. The van der Waals surface area contributed by atoms with E-state index in [0.29, 0.717) is 30.1 Å². The molecule has 26 heavy (non-hydrogen) atoms. The summed E-state index contributed by atoms with van der Waals surface area (Å²) in [6.45, 7) is 1.05. The summed E-state index contributed by atoms with van der Waals surface area (Å²) in [5, 5.41) is 7.70. The van der Waals surface area contributed by atoms with E-state index in [0.717, 1.165) is 12.8 Å². The number of ether oxygens (including phenoxy) is 1. The maximum absolute atomic E-state index is 12.7. The first kappa shape index (κ1) is 16.3. The van der Waals surface area contributed by atoms with Crippen LogP contribution in [0.4, 0.5) is 0 Å². The molecule has 0 saturated carbocycles. The van der Waals surface area contributed by atoms with Gasteiger partial charge >= 0.3 is 5.76 Å². The topological polar surface area (TPSA) is 90.5 Å². The highest BCUT2D eigenvalue weighted by Crippen LogP contribution is 2.17. The van der Waals surface area contributed by atoms with E-state index in [9.17, 15) is 9.59 Å². The molecular formula is C18H18N4O4. The number of carbonyl (C=O) groups excluding carboxylic acids is 1. The fraction of sp³-hybridized carbons (Fsp3) is 0.333. The number of fused-ring (bicyclic) bond motifs is 1. The third-order valence-corrected chi connectivity index (χ3v) is 4.43. The van der Waals surface area contributed by atoms with Gasteiger partial charge in [-0.25, -0.2) is 4.79 Å². The molecule has 1 aromatic carbocycles. The number of para-hydroxylation sites is 2. The second kappa shape index (κ2) is 6.99. The Kier molecular flexibility index (Phi) is 4.39. The SMILES string of the molecule is O=C(Cn1c(=O)oc2ccccc21)N1CCCC(Oc2cccnn2)C1. The Balaban J connectivity index is 1.46. The first-order valence-electron chi connectivity index (χ1n) is 8.51. The van der Waals surface area contributed by atoms with E-state index in [-0.39, 0.29) is 18.6 Å². The Labute approximate surface area is 149 Å². The maximum atomic E-state index is 12.7. The van der Waals surface area contributed by atoms with E-state index in [2.05, 4.69) is 10.2 Å². The van der Waals surface area contributed by atoms with Crippen molar-refractivity contribution in [1.29, 1.82) is 0 Å². The van der Waals surface area contributed by atoms with Crippen LogP contribution in [0.25, 0.3) is 11.1 Å². The molecule has 1 atom stereocenters. The van der Waals surface area contributed by atoms with Crippen molar-refractivity contribution in [3.05, 3.63) is 53.1 Å². The summed E-state index contributed by atoms with van der Waals surface area (Å²) in [7, 11) is 0. The quantitative estimate of drug-likeness (QED) is 0.704. The monoisotopic (exact) mass is 354 g/mol. The molecule has 134 valence electrons. The van der Waals surface area contributed by atoms with Crippen LogP contribution in [-0.2, 0) is 11.3 Å². The highest BCUT2D eigenvalue weighted by atomic mass is 16.5. The molecule has 8 nitrogen and oxygen atoms in total. The van der Waals surface area contributed by atoms with Gasteiger partial charge in [-0.3, -0.25) is 9.36 Å². The number of rotatable bonds is 4. The summed E-state index contributed by atoms with van der Waals surface area (Å²) in [6, 6.07) is 10.6. The van der Waals surface area contributed by atoms with Crippen LogP contribution in [0.5, 0.6) is 5.88 Å². The number of hydrogen-bond acceptors (Lipinski definition) is 6. The van der Waals surface area contributed by atoms with E-state index in [1.807, 2.05) is 6.07 Å². The molecule has 0 radical (unpaired) electrons. The Morgan fingerprint density at radius 2 is 2.15 bits per heavy atom. The molecule has 0 N–H and O–H groups in total. The first-order valence-corrected chi connectivity index (χ1v) is 8.51. The molecule has 2 aromatic heterocycles. The van der Waals surface area contributed by atoms with Crippen LogP contribution in [0, 0.1) is 0 Å². The number of oxazole rings is 1. The van der Waals surface area contributed by atoms with Crippen LogP contribution >= 0.6 is 0 Å². The van der Waals surface area contributed by atoms with Gasteiger partial charge in [0, 0.05) is 18.8 Å². The number of nitrogens with zero attached hydrogens (tertiary/aromatic N) is 4. The second-order valence-corrected chi connectivity index (χ2v) is 6.21. The average molecular weight is 354 g/mol. The molecule has 4 rings (SSSR count). The van der Waals surface area contributed by atoms with Gasteiger partial charge in [0.2, 0.25) is 11.8 Å². The molecule has 1 fully saturated rings. The summed E-state index contributed by atoms with van der Waals surface area (Å²) in [5.74, 6) is -0.209. The van der Waals surface area contributed by atoms with Crippen molar-refractivity contribution < 1.29 is 13.9 Å². The summed E-state index contributed by atoms with van der Waals surface area (Å²) < 4.78 is 12.4. The van der Waals surface area contributed by atoms with Crippen LogP contribution in [0.1, 0.15) is 12.8 Å². The summed E-state index contributed by atoms with van der Waals surface area (Å²) >= 11 is 0. The lowest BCUT2D eigenvalue weighted by atomic mass is 10.1. The molecule has 3 heterocycles. The zero-order valence-electron chi connectivity index (χ0n) is 14.1. The number of amides is 1. The number of likely N-dealkylation sites (tertiary alicyclic amines) is 1. The minimum Gasteiger partial charge on any atom is -0.471 e. The van der Waals surface area contributed by atoms with E-state index >= 15 is 0 Å². The Morgan fingerprint density at radius 3 is 3.00 bits per heavy atom. The van der Waals surface area contributed by atoms with Gasteiger partial charge in [-0.1, -0.05) is 12.1 Å². The van der Waals surface area contributed by atoms with Crippen LogP contribution in [0.3, 0.4) is 0 Å². The fourth-order valence-corrected chi connectivity index (χ4v) is 3.18. The molecule has 1 saturated heterocycles. The standard InChI is InChI=1S/C18H18N4O4/c23-17(12-22-14-6-1-2-7-15(14)26-18(22)24)21-10-4-5-13(11-21)25-16-8-3-9-19-20-16/h1-3,6-9,13H,4-5,10-12H2. The van der Waals surface area contributed by atoms with Crippen molar-refractivity contribution >= 4 is 17.0 Å². The minimum absolute atomic E-state index is 0.0479. The van der Waals surface area contributed by atoms with E-state index < -0.39 is 5.76 Å². The predicted molar refractivity (Wildman–Crippen MR) is 92.7 cm³/mol. The molecule has 1 amide bonds. The molecule has 0 bridgehead atoms. The van der Waals surface area contributed by atoms with Crippen molar-refractivity contribution in [2.45, 2.75) is 25.5 Å². The van der Waals surface area contributed by atoms with Crippen LogP contribution in [0.2, 0.25) is 0 Å². The van der Waals surface area contributed by atoms with Gasteiger partial charge in [0.05, 0.1) is 12.1 Å². The summed E-state index contributed by atoms with van der Waals surface area (Å²) in [4.78, 5) is 26.5. The average Bonchev–Trinajstić information content (AvgIpc) is 2.98. The van der Waals surface area contributed by atoms with Gasteiger partial charge < -0.3 is 14.1 Å². The lowest BCUT2D eigenvalue weighted by molar-refractivity contribution is -0.134. The van der Waals surface area contributed by atoms with Crippen molar-refractivity contribution in [2.75, 3.05) is 13.1 Å². The second-order valence-electron chi connectivity index (χ2n) is 6.21. The fourth-order valence-electron chi connectivity index (χ4n) is 3.18. The predicted octanol–water partition coefficient (Wildman–Crippen LogP) is 1.45. The first-order chi connectivity index (χ1) is 12.7. The summed E-state index contributed by atoms with van der Waals surface area (Å²) in [5.41, 5.74) is 1.10. The molecule has 1 aliphatic rings. The molecule has 0 spiro atoms. The lowest BCUT2D eigenvalue weighted by Crippen LogP contribution is -2.46. The zero-order chi connectivity index (χ0) is 17.9. The van der Waals surface area contributed by atoms with E-state index in [1.165, 1.54) is 4.57 Å². The molecule has 1 unspecified atom stereocenters. The van der Waals surface area contributed by atoms with Gasteiger partial charge in [-0.15, -0.1) is 5.10 Å². The highest BCUT2D eigenvalue weighted by Gasteiger charge is 2.26. The van der Waals surface area contributed by atoms with E-state index in [1.54, 1.807) is 41.4 Å². The number of piperidine rings is 1. The molecular weight excluding hydrogens is 336 g/mol. The van der Waals surface area contributed by atoms with Gasteiger partial charge in [0.25, 0.3) is 0 Å². The third kappa shape index (κ3) is 3.30. The smallest absolute Gasteiger partial charge is 0.420 e. The number of aromatic nitrogens is 3. The van der Waals surface area contributed by atoms with Gasteiger partial charge in [0.1, 0.15) is 12.6 Å². The van der Waals surface area contributed by atoms with Gasteiger partial charge in [-0.2, -0.15) is 5.10 Å². The number of benzene rings is 1. The van der Waals surface area contributed by atoms with Crippen molar-refractivity contribution in [1.82, 2.24) is 19.7 Å². The molecule has 3 aromatic rings. The van der Waals surface area contributed by atoms with Crippen LogP contribution < -0.4 is 10.5 Å². The van der Waals surface area contributed by atoms with Crippen LogP contribution in [-0.4, -0.2) is 44.8 Å². The van der Waals surface area contributed by atoms with Crippen LogP contribution in [0.15, 0.2) is 51.8 Å². The lowest BCUT2D eigenvalue weighted by Gasteiger charge is -2.32. The highest BCUT2D eigenvalue weighted by molar-refractivity contribution is 5.79.